The molecule has 0 aromatic carbocycles. The van der Waals surface area contributed by atoms with E-state index in [1.807, 2.05) is 25.6 Å². The third-order valence-electron chi connectivity index (χ3n) is 1.08. The van der Waals surface area contributed by atoms with Crippen molar-refractivity contribution >= 4 is 17.6 Å². The molecular weight excluding hydrogens is 168 g/mol. The summed E-state index contributed by atoms with van der Waals surface area (Å²) < 4.78 is 0.275. The zero-order valence-corrected chi connectivity index (χ0v) is 9.53. The van der Waals surface area contributed by atoms with Crippen LogP contribution in [0.3, 0.4) is 0 Å². The molecule has 12 heavy (non-hydrogen) atoms. The fourth-order valence-corrected chi connectivity index (χ4v) is 1.31. The number of amidine groups is 1. The van der Waals surface area contributed by atoms with E-state index in [0.29, 0.717) is 6.04 Å². The van der Waals surface area contributed by atoms with Crippen LogP contribution in [0, 0.1) is 0 Å². The van der Waals surface area contributed by atoms with E-state index in [-0.39, 0.29) is 4.75 Å². The van der Waals surface area contributed by atoms with Gasteiger partial charge in [-0.15, -0.1) is 11.8 Å². The highest BCUT2D eigenvalue weighted by Gasteiger charge is 2.10. The minimum atomic E-state index is 0.275. The summed E-state index contributed by atoms with van der Waals surface area (Å²) in [6.07, 6.45) is 0. The summed E-state index contributed by atoms with van der Waals surface area (Å²) in [5, 5.41) is 0. The van der Waals surface area contributed by atoms with Crippen LogP contribution in [0.2, 0.25) is 0 Å². The predicted octanol–water partition coefficient (Wildman–Crippen LogP) is 2.28. The lowest BCUT2D eigenvalue weighted by Crippen LogP contribution is -2.20. The second-order valence-corrected chi connectivity index (χ2v) is 5.92. The molecule has 2 N–H and O–H groups in total. The number of thioether (sulfide) groups is 1. The Bertz CT molecular complexity index is 156. The van der Waals surface area contributed by atoms with Gasteiger partial charge in [0.2, 0.25) is 0 Å². The van der Waals surface area contributed by atoms with Crippen LogP contribution in [0.25, 0.3) is 0 Å². The van der Waals surface area contributed by atoms with Gasteiger partial charge >= 0.3 is 0 Å². The molecule has 72 valence electrons. The summed E-state index contributed by atoms with van der Waals surface area (Å²) in [6.45, 7) is 10.6. The molecule has 0 unspecified atom stereocenters. The van der Waals surface area contributed by atoms with Crippen LogP contribution in [0.4, 0.5) is 0 Å². The molecule has 0 aliphatic carbocycles. The summed E-state index contributed by atoms with van der Waals surface area (Å²) in [7, 11) is 0. The predicted molar refractivity (Wildman–Crippen MR) is 59.0 cm³/mol. The Kier molecular flexibility index (Phi) is 4.68. The summed E-state index contributed by atoms with van der Waals surface area (Å²) in [5.74, 6) is 1.59. The van der Waals surface area contributed by atoms with Gasteiger partial charge in [0.25, 0.3) is 0 Å². The largest absolute Gasteiger partial charge is 0.387 e. The topological polar surface area (TPSA) is 38.4 Å². The van der Waals surface area contributed by atoms with E-state index in [9.17, 15) is 0 Å². The van der Waals surface area contributed by atoms with Gasteiger partial charge < -0.3 is 5.73 Å². The van der Waals surface area contributed by atoms with Gasteiger partial charge in [0.05, 0.1) is 5.75 Å². The van der Waals surface area contributed by atoms with Crippen molar-refractivity contribution in [1.82, 2.24) is 0 Å². The number of hydrogen-bond donors (Lipinski definition) is 1. The average Bonchev–Trinajstić information content (AvgIpc) is 1.80. The van der Waals surface area contributed by atoms with Crippen LogP contribution in [-0.4, -0.2) is 22.4 Å². The molecule has 0 rings (SSSR count). The number of rotatable bonds is 3. The van der Waals surface area contributed by atoms with E-state index in [0.717, 1.165) is 11.6 Å². The van der Waals surface area contributed by atoms with E-state index in [1.165, 1.54) is 0 Å². The first-order chi connectivity index (χ1) is 5.31. The summed E-state index contributed by atoms with van der Waals surface area (Å²) >= 11 is 1.83. The Hall–Kier alpha value is -0.180. The molecule has 0 saturated heterocycles. The molecule has 0 saturated carbocycles. The quantitative estimate of drug-likeness (QED) is 0.545. The summed E-state index contributed by atoms with van der Waals surface area (Å²) in [6, 6.07) is 0.311. The molecule has 0 spiro atoms. The number of aliphatic imine (C=N–C) groups is 1. The lowest BCUT2D eigenvalue weighted by molar-refractivity contribution is 0.803. The molecule has 0 amide bonds. The van der Waals surface area contributed by atoms with Crippen molar-refractivity contribution in [3.05, 3.63) is 0 Å². The van der Waals surface area contributed by atoms with Crippen molar-refractivity contribution in [3.63, 3.8) is 0 Å². The first-order valence-electron chi connectivity index (χ1n) is 4.27. The van der Waals surface area contributed by atoms with Gasteiger partial charge in [-0.2, -0.15) is 0 Å². The van der Waals surface area contributed by atoms with Gasteiger partial charge in [-0.25, -0.2) is 0 Å². The molecule has 2 nitrogen and oxygen atoms in total. The van der Waals surface area contributed by atoms with E-state index in [1.54, 1.807) is 0 Å². The Morgan fingerprint density at radius 1 is 1.42 bits per heavy atom. The minimum Gasteiger partial charge on any atom is -0.387 e. The van der Waals surface area contributed by atoms with Crippen molar-refractivity contribution in [2.75, 3.05) is 5.75 Å². The first-order valence-corrected chi connectivity index (χ1v) is 5.26. The van der Waals surface area contributed by atoms with Crippen molar-refractivity contribution in [3.8, 4) is 0 Å². The van der Waals surface area contributed by atoms with Crippen molar-refractivity contribution < 1.29 is 0 Å². The lowest BCUT2D eigenvalue weighted by atomic mass is 10.3. The van der Waals surface area contributed by atoms with Crippen LogP contribution in [0.15, 0.2) is 4.99 Å². The van der Waals surface area contributed by atoms with Crippen LogP contribution >= 0.6 is 11.8 Å². The maximum Gasteiger partial charge on any atom is 0.104 e. The maximum absolute atomic E-state index is 5.71. The fraction of sp³-hybridized carbons (Fsp3) is 0.889. The monoisotopic (exact) mass is 188 g/mol. The van der Waals surface area contributed by atoms with Gasteiger partial charge in [0.15, 0.2) is 0 Å². The smallest absolute Gasteiger partial charge is 0.104 e. The Labute approximate surface area is 80.0 Å². The highest BCUT2D eigenvalue weighted by Crippen LogP contribution is 2.22. The first kappa shape index (κ1) is 11.8. The third kappa shape index (κ3) is 7.92. The molecule has 0 heterocycles. The molecule has 0 atom stereocenters. The zero-order valence-electron chi connectivity index (χ0n) is 8.72. The normalized spacial score (nSPS) is 14.0. The summed E-state index contributed by atoms with van der Waals surface area (Å²) in [5.41, 5.74) is 5.71. The van der Waals surface area contributed by atoms with E-state index >= 15 is 0 Å². The Morgan fingerprint density at radius 2 is 1.92 bits per heavy atom. The van der Waals surface area contributed by atoms with Crippen LogP contribution in [-0.2, 0) is 0 Å². The van der Waals surface area contributed by atoms with Gasteiger partial charge in [0.1, 0.15) is 5.84 Å². The highest BCUT2D eigenvalue weighted by molar-refractivity contribution is 8.01. The van der Waals surface area contributed by atoms with Crippen LogP contribution < -0.4 is 5.73 Å². The molecule has 0 fully saturated rings. The van der Waals surface area contributed by atoms with Crippen molar-refractivity contribution in [1.29, 1.82) is 0 Å². The second-order valence-electron chi connectivity index (χ2n) is 4.12. The van der Waals surface area contributed by atoms with Gasteiger partial charge in [-0.3, -0.25) is 4.99 Å². The SMILES string of the molecule is CC(C)N=C(N)CSC(C)(C)C. The maximum atomic E-state index is 5.71. The third-order valence-corrected chi connectivity index (χ3v) is 2.38. The lowest BCUT2D eigenvalue weighted by Gasteiger charge is -2.17. The van der Waals surface area contributed by atoms with Crippen molar-refractivity contribution in [2.24, 2.45) is 10.7 Å². The van der Waals surface area contributed by atoms with E-state index in [2.05, 4.69) is 25.8 Å². The number of nitrogens with zero attached hydrogens (tertiary/aromatic N) is 1. The molecule has 0 aromatic rings. The fourth-order valence-electron chi connectivity index (χ4n) is 0.659. The Balaban J connectivity index is 3.79. The Morgan fingerprint density at radius 3 is 2.25 bits per heavy atom. The molecule has 0 bridgehead atoms. The average molecular weight is 188 g/mol. The minimum absolute atomic E-state index is 0.275. The molecule has 0 aliphatic rings. The zero-order chi connectivity index (χ0) is 9.78. The molecule has 0 aliphatic heterocycles. The van der Waals surface area contributed by atoms with Gasteiger partial charge in [0, 0.05) is 10.8 Å². The number of nitrogens with two attached hydrogens (primary N) is 1. The highest BCUT2D eigenvalue weighted by atomic mass is 32.2. The molecule has 0 aromatic heterocycles. The van der Waals surface area contributed by atoms with E-state index < -0.39 is 0 Å². The molecule has 3 heteroatoms. The standard InChI is InChI=1S/C9H20N2S/c1-7(2)11-8(10)6-12-9(3,4)5/h7H,6H2,1-5H3,(H2,10,11). The summed E-state index contributed by atoms with van der Waals surface area (Å²) in [4.78, 5) is 4.25. The molecule has 0 radical (unpaired) electrons. The van der Waals surface area contributed by atoms with E-state index in [4.69, 9.17) is 5.73 Å². The van der Waals surface area contributed by atoms with Gasteiger partial charge in [-0.05, 0) is 13.8 Å². The van der Waals surface area contributed by atoms with Gasteiger partial charge in [-0.1, -0.05) is 20.8 Å². The number of hydrogen-bond acceptors (Lipinski definition) is 2. The van der Waals surface area contributed by atoms with Crippen LogP contribution in [0.5, 0.6) is 0 Å². The second kappa shape index (κ2) is 4.75. The van der Waals surface area contributed by atoms with Crippen molar-refractivity contribution in [2.45, 2.75) is 45.4 Å². The van der Waals surface area contributed by atoms with Crippen LogP contribution in [0.1, 0.15) is 34.6 Å². The molecular formula is C9H20N2S.